The lowest BCUT2D eigenvalue weighted by molar-refractivity contribution is -0.132. The molecule has 1 saturated heterocycles. The van der Waals surface area contributed by atoms with Crippen molar-refractivity contribution in [1.29, 1.82) is 0 Å². The number of aromatic nitrogens is 2. The Morgan fingerprint density at radius 1 is 1.18 bits per heavy atom. The Morgan fingerprint density at radius 2 is 1.98 bits per heavy atom. The summed E-state index contributed by atoms with van der Waals surface area (Å²) < 4.78 is 22.5. The standard InChI is InChI=1S/C35H44FN5O3/c1-24-30-7-3-8-31(36)35(30)41(17-5-19-44-2)34(24)28-6-4-16-40(23-28)33(43)21-29(37)20-25-9-11-26(12-10-25)27-13-14-32(39-22-27)38-15-18-42/h3,7-14,22,28-29,42H,4-6,15-21,23,37H2,1-2H3,(H,38,39)/t28?,29-/m1/s1. The summed E-state index contributed by atoms with van der Waals surface area (Å²) in [6, 6.07) is 17.1. The maximum Gasteiger partial charge on any atom is 0.224 e. The van der Waals surface area contributed by atoms with Crippen molar-refractivity contribution in [2.75, 3.05) is 45.3 Å². The van der Waals surface area contributed by atoms with Crippen molar-refractivity contribution in [2.45, 2.75) is 57.5 Å². The van der Waals surface area contributed by atoms with E-state index < -0.39 is 0 Å². The number of aliphatic hydroxyl groups excluding tert-OH is 1. The zero-order valence-corrected chi connectivity index (χ0v) is 25.8. The van der Waals surface area contributed by atoms with Gasteiger partial charge in [0, 0.05) is 81.1 Å². The smallest absolute Gasteiger partial charge is 0.224 e. The molecule has 9 heteroatoms. The van der Waals surface area contributed by atoms with Crippen LogP contribution in [0.25, 0.3) is 22.0 Å². The fourth-order valence-electron chi connectivity index (χ4n) is 6.52. The Morgan fingerprint density at radius 3 is 2.70 bits per heavy atom. The molecule has 2 atom stereocenters. The van der Waals surface area contributed by atoms with E-state index in [1.54, 1.807) is 13.2 Å². The number of amides is 1. The van der Waals surface area contributed by atoms with Crippen molar-refractivity contribution < 1.29 is 19.0 Å². The molecule has 1 fully saturated rings. The number of fused-ring (bicyclic) bond motifs is 1. The van der Waals surface area contributed by atoms with Gasteiger partial charge in [-0.05, 0) is 67.5 Å². The molecule has 44 heavy (non-hydrogen) atoms. The Kier molecular flexibility index (Phi) is 10.6. The highest BCUT2D eigenvalue weighted by Gasteiger charge is 2.30. The van der Waals surface area contributed by atoms with Gasteiger partial charge < -0.3 is 30.4 Å². The van der Waals surface area contributed by atoms with E-state index in [0.717, 1.165) is 65.0 Å². The molecule has 8 nitrogen and oxygen atoms in total. The molecule has 0 spiro atoms. The number of aliphatic hydroxyl groups is 1. The van der Waals surface area contributed by atoms with Gasteiger partial charge in [0.2, 0.25) is 5.91 Å². The van der Waals surface area contributed by atoms with E-state index in [0.29, 0.717) is 38.2 Å². The molecule has 2 aromatic heterocycles. The second-order valence-corrected chi connectivity index (χ2v) is 11.8. The number of aryl methyl sites for hydroxylation is 2. The fourth-order valence-corrected chi connectivity index (χ4v) is 6.52. The van der Waals surface area contributed by atoms with Crippen LogP contribution in [0, 0.1) is 12.7 Å². The van der Waals surface area contributed by atoms with Gasteiger partial charge in [-0.25, -0.2) is 9.37 Å². The fraction of sp³-hybridized carbons (Fsp3) is 0.429. The van der Waals surface area contributed by atoms with Gasteiger partial charge in [-0.15, -0.1) is 0 Å². The molecule has 4 N–H and O–H groups in total. The summed E-state index contributed by atoms with van der Waals surface area (Å²) in [4.78, 5) is 19.8. The Hall–Kier alpha value is -3.79. The van der Waals surface area contributed by atoms with E-state index in [-0.39, 0.29) is 36.7 Å². The first-order valence-electron chi connectivity index (χ1n) is 15.6. The third kappa shape index (κ3) is 7.29. The highest BCUT2D eigenvalue weighted by molar-refractivity contribution is 5.86. The predicted octanol–water partition coefficient (Wildman–Crippen LogP) is 5.26. The molecule has 0 bridgehead atoms. The number of carbonyl (C=O) groups is 1. The lowest BCUT2D eigenvalue weighted by Gasteiger charge is -2.34. The lowest BCUT2D eigenvalue weighted by atomic mass is 9.91. The molecule has 1 unspecified atom stereocenters. The Balaban J connectivity index is 1.22. The second-order valence-electron chi connectivity index (χ2n) is 11.8. The number of carbonyl (C=O) groups excluding carboxylic acids is 1. The lowest BCUT2D eigenvalue weighted by Crippen LogP contribution is -2.42. The van der Waals surface area contributed by atoms with E-state index in [4.69, 9.17) is 15.6 Å². The van der Waals surface area contributed by atoms with Crippen LogP contribution in [0.3, 0.4) is 0 Å². The summed E-state index contributed by atoms with van der Waals surface area (Å²) in [6.07, 6.45) is 5.36. The largest absolute Gasteiger partial charge is 0.395 e. The first-order chi connectivity index (χ1) is 21.4. The van der Waals surface area contributed by atoms with Crippen LogP contribution < -0.4 is 11.1 Å². The van der Waals surface area contributed by atoms with Crippen molar-refractivity contribution in [3.63, 3.8) is 0 Å². The number of nitrogens with two attached hydrogens (primary N) is 1. The number of piperidine rings is 1. The molecular formula is C35H44FN5O3. The number of hydrogen-bond donors (Lipinski definition) is 3. The zero-order chi connectivity index (χ0) is 31.1. The summed E-state index contributed by atoms with van der Waals surface area (Å²) in [5.74, 6) is 0.729. The van der Waals surface area contributed by atoms with E-state index >= 15 is 4.39 Å². The Bertz CT molecular complexity index is 1540. The molecule has 1 aliphatic heterocycles. The summed E-state index contributed by atoms with van der Waals surface area (Å²) in [6.45, 7) is 5.21. The second kappa shape index (κ2) is 14.8. The molecule has 0 saturated carbocycles. The molecule has 5 rings (SSSR count). The maximum absolute atomic E-state index is 15.1. The minimum Gasteiger partial charge on any atom is -0.395 e. The summed E-state index contributed by atoms with van der Waals surface area (Å²) >= 11 is 0. The summed E-state index contributed by atoms with van der Waals surface area (Å²) in [5.41, 5.74) is 12.5. The van der Waals surface area contributed by atoms with Crippen molar-refractivity contribution in [3.8, 4) is 11.1 Å². The quantitative estimate of drug-likeness (QED) is 0.181. The van der Waals surface area contributed by atoms with Crippen molar-refractivity contribution in [2.24, 2.45) is 5.73 Å². The average Bonchev–Trinajstić information content (AvgIpc) is 3.33. The predicted molar refractivity (Wildman–Crippen MR) is 173 cm³/mol. The van der Waals surface area contributed by atoms with Gasteiger partial charge in [0.1, 0.15) is 11.6 Å². The van der Waals surface area contributed by atoms with Gasteiger partial charge in [-0.2, -0.15) is 0 Å². The minimum atomic E-state index is -0.288. The molecule has 1 amide bonds. The van der Waals surface area contributed by atoms with Crippen LogP contribution in [-0.4, -0.2) is 71.5 Å². The molecule has 1 aliphatic rings. The van der Waals surface area contributed by atoms with Crippen LogP contribution in [-0.2, 0) is 22.5 Å². The SMILES string of the molecule is COCCCn1c(C2CCCN(C(=O)C[C@H](N)Cc3ccc(-c4ccc(NCCO)nc4)cc3)C2)c(C)c2cccc(F)c21. The van der Waals surface area contributed by atoms with Crippen molar-refractivity contribution >= 4 is 22.6 Å². The van der Waals surface area contributed by atoms with E-state index in [9.17, 15) is 4.79 Å². The molecular weight excluding hydrogens is 557 g/mol. The van der Waals surface area contributed by atoms with Gasteiger partial charge in [0.15, 0.2) is 0 Å². The molecule has 3 heterocycles. The maximum atomic E-state index is 15.1. The topological polar surface area (TPSA) is 106 Å². The van der Waals surface area contributed by atoms with Gasteiger partial charge in [0.25, 0.3) is 0 Å². The molecule has 2 aromatic carbocycles. The van der Waals surface area contributed by atoms with Crippen LogP contribution >= 0.6 is 0 Å². The molecule has 4 aromatic rings. The van der Waals surface area contributed by atoms with Crippen LogP contribution in [0.15, 0.2) is 60.8 Å². The highest BCUT2D eigenvalue weighted by Crippen LogP contribution is 2.37. The first kappa shape index (κ1) is 31.6. The third-order valence-corrected chi connectivity index (χ3v) is 8.63. The number of rotatable bonds is 13. The monoisotopic (exact) mass is 601 g/mol. The summed E-state index contributed by atoms with van der Waals surface area (Å²) in [5, 5.41) is 13.0. The van der Waals surface area contributed by atoms with Gasteiger partial charge in [0.05, 0.1) is 12.1 Å². The molecule has 234 valence electrons. The van der Waals surface area contributed by atoms with Crippen LogP contribution in [0.2, 0.25) is 0 Å². The van der Waals surface area contributed by atoms with Gasteiger partial charge >= 0.3 is 0 Å². The number of ether oxygens (including phenoxy) is 1. The third-order valence-electron chi connectivity index (χ3n) is 8.63. The number of benzene rings is 2. The number of hydrogen-bond acceptors (Lipinski definition) is 6. The number of anilines is 1. The number of para-hydroxylation sites is 1. The molecule has 0 aliphatic carbocycles. The normalized spacial score (nSPS) is 15.9. The average molecular weight is 602 g/mol. The van der Waals surface area contributed by atoms with E-state index in [1.807, 2.05) is 41.4 Å². The van der Waals surface area contributed by atoms with E-state index in [1.165, 1.54) is 6.07 Å². The zero-order valence-electron chi connectivity index (χ0n) is 25.8. The Labute approximate surface area is 259 Å². The van der Waals surface area contributed by atoms with E-state index in [2.05, 4.69) is 33.9 Å². The number of likely N-dealkylation sites (tertiary alicyclic amines) is 1. The highest BCUT2D eigenvalue weighted by atomic mass is 19.1. The van der Waals surface area contributed by atoms with Crippen molar-refractivity contribution in [1.82, 2.24) is 14.5 Å². The number of nitrogens with zero attached hydrogens (tertiary/aromatic N) is 3. The number of methoxy groups -OCH3 is 1. The number of pyridine rings is 1. The number of nitrogens with one attached hydrogen (secondary N) is 1. The van der Waals surface area contributed by atoms with Crippen LogP contribution in [0.1, 0.15) is 48.4 Å². The summed E-state index contributed by atoms with van der Waals surface area (Å²) in [7, 11) is 1.68. The van der Waals surface area contributed by atoms with Gasteiger partial charge in [-0.1, -0.05) is 36.4 Å². The van der Waals surface area contributed by atoms with Crippen LogP contribution in [0.5, 0.6) is 0 Å². The van der Waals surface area contributed by atoms with Gasteiger partial charge in [-0.3, -0.25) is 4.79 Å². The first-order valence-corrected chi connectivity index (χ1v) is 15.6. The van der Waals surface area contributed by atoms with Crippen molar-refractivity contribution in [3.05, 3.63) is 83.4 Å². The number of halogens is 1. The minimum absolute atomic E-state index is 0.0567. The van der Waals surface area contributed by atoms with Crippen LogP contribution in [0.4, 0.5) is 10.2 Å². The molecule has 0 radical (unpaired) electrons.